The maximum atomic E-state index is 12.7. The molecule has 4 aromatic rings. The van der Waals surface area contributed by atoms with Crippen molar-refractivity contribution in [3.63, 3.8) is 0 Å². The molecule has 1 saturated heterocycles. The van der Waals surface area contributed by atoms with Gasteiger partial charge in [-0.2, -0.15) is 0 Å². The molecule has 0 atom stereocenters. The molecule has 5 rings (SSSR count). The van der Waals surface area contributed by atoms with Crippen LogP contribution >= 0.6 is 0 Å². The van der Waals surface area contributed by atoms with Crippen molar-refractivity contribution >= 4 is 34.3 Å². The zero-order chi connectivity index (χ0) is 24.9. The molecule has 0 bridgehead atoms. The molecule has 0 spiro atoms. The van der Waals surface area contributed by atoms with Gasteiger partial charge in [-0.1, -0.05) is 36.4 Å². The maximum absolute atomic E-state index is 12.7. The Hall–Kier alpha value is -4.17. The van der Waals surface area contributed by atoms with E-state index >= 15 is 0 Å². The van der Waals surface area contributed by atoms with Crippen LogP contribution in [0.3, 0.4) is 0 Å². The molecule has 0 saturated carbocycles. The molecular formula is C28H30N6O2. The topological polar surface area (TPSA) is 82.5 Å². The Morgan fingerprint density at radius 3 is 2.22 bits per heavy atom. The van der Waals surface area contributed by atoms with E-state index in [1.165, 1.54) is 0 Å². The molecule has 1 aliphatic heterocycles. The molecule has 1 aliphatic rings. The van der Waals surface area contributed by atoms with Gasteiger partial charge in [0.15, 0.2) is 0 Å². The average Bonchev–Trinajstić information content (AvgIpc) is 3.23. The number of nitrogens with zero attached hydrogens (tertiary/aromatic N) is 4. The van der Waals surface area contributed by atoms with Crippen LogP contribution in [0.25, 0.3) is 11.0 Å². The van der Waals surface area contributed by atoms with Crippen molar-refractivity contribution in [3.8, 4) is 0 Å². The first-order valence-corrected chi connectivity index (χ1v) is 12.2. The highest BCUT2D eigenvalue weighted by Gasteiger charge is 2.22. The summed E-state index contributed by atoms with van der Waals surface area (Å²) in [5.74, 6) is 1.10. The standard InChI is InChI=1S/C28H30N6O2/c1-32-25-13-12-23(30-28(36)29-22-10-6-3-7-11-22)20-24(25)31-26(32)14-15-33-16-18-34(19-17-33)27(35)21-8-4-2-5-9-21/h2-13,20H,14-19H2,1H3,(H2,29,30,36). The third-order valence-corrected chi connectivity index (χ3v) is 6.59. The molecule has 8 heteroatoms. The number of aromatic nitrogens is 2. The zero-order valence-electron chi connectivity index (χ0n) is 20.4. The fourth-order valence-electron chi connectivity index (χ4n) is 4.56. The zero-order valence-corrected chi connectivity index (χ0v) is 20.4. The molecule has 3 amide bonds. The minimum Gasteiger partial charge on any atom is -0.336 e. The van der Waals surface area contributed by atoms with E-state index in [0.29, 0.717) is 5.69 Å². The summed E-state index contributed by atoms with van der Waals surface area (Å²) in [5.41, 5.74) is 4.05. The molecule has 2 heterocycles. The molecule has 36 heavy (non-hydrogen) atoms. The summed E-state index contributed by atoms with van der Waals surface area (Å²) in [7, 11) is 2.02. The second-order valence-electron chi connectivity index (χ2n) is 8.99. The Morgan fingerprint density at radius 1 is 0.833 bits per heavy atom. The number of rotatable bonds is 6. The van der Waals surface area contributed by atoms with Crippen LogP contribution in [0.1, 0.15) is 16.2 Å². The van der Waals surface area contributed by atoms with Crippen LogP contribution in [0, 0.1) is 0 Å². The highest BCUT2D eigenvalue weighted by Crippen LogP contribution is 2.21. The Kier molecular flexibility index (Phi) is 6.95. The Balaban J connectivity index is 1.16. The van der Waals surface area contributed by atoms with Crippen molar-refractivity contribution in [1.29, 1.82) is 0 Å². The molecular weight excluding hydrogens is 452 g/mol. The number of nitrogens with one attached hydrogen (secondary N) is 2. The summed E-state index contributed by atoms with van der Waals surface area (Å²) in [6, 6.07) is 24.3. The smallest absolute Gasteiger partial charge is 0.323 e. The predicted octanol–water partition coefficient (Wildman–Crippen LogP) is 4.22. The van der Waals surface area contributed by atoms with E-state index in [-0.39, 0.29) is 11.9 Å². The Labute approximate surface area is 210 Å². The summed E-state index contributed by atoms with van der Waals surface area (Å²) < 4.78 is 2.11. The summed E-state index contributed by atoms with van der Waals surface area (Å²) in [6.45, 7) is 4.06. The van der Waals surface area contributed by atoms with Gasteiger partial charge >= 0.3 is 6.03 Å². The number of carbonyl (C=O) groups is 2. The fourth-order valence-corrected chi connectivity index (χ4v) is 4.56. The van der Waals surface area contributed by atoms with E-state index in [1.807, 2.05) is 90.8 Å². The minimum absolute atomic E-state index is 0.104. The Bertz CT molecular complexity index is 1340. The molecule has 8 nitrogen and oxygen atoms in total. The van der Waals surface area contributed by atoms with E-state index in [4.69, 9.17) is 4.98 Å². The SMILES string of the molecule is Cn1c(CCN2CCN(C(=O)c3ccccc3)CC2)nc2cc(NC(=O)Nc3ccccc3)ccc21. The van der Waals surface area contributed by atoms with Gasteiger partial charge in [0.25, 0.3) is 5.91 Å². The van der Waals surface area contributed by atoms with Gasteiger partial charge in [0.05, 0.1) is 11.0 Å². The van der Waals surface area contributed by atoms with Crippen LogP contribution in [0.5, 0.6) is 0 Å². The Morgan fingerprint density at radius 2 is 1.50 bits per heavy atom. The van der Waals surface area contributed by atoms with Crippen LogP contribution in [0.4, 0.5) is 16.2 Å². The lowest BCUT2D eigenvalue weighted by atomic mass is 10.2. The van der Waals surface area contributed by atoms with Crippen molar-refractivity contribution in [2.24, 2.45) is 7.05 Å². The summed E-state index contributed by atoms with van der Waals surface area (Å²) in [5, 5.41) is 5.71. The van der Waals surface area contributed by atoms with Gasteiger partial charge in [-0.3, -0.25) is 9.69 Å². The van der Waals surface area contributed by atoms with E-state index < -0.39 is 0 Å². The lowest BCUT2D eigenvalue weighted by molar-refractivity contribution is 0.0638. The van der Waals surface area contributed by atoms with Gasteiger partial charge in [-0.15, -0.1) is 0 Å². The van der Waals surface area contributed by atoms with E-state index in [2.05, 4.69) is 20.1 Å². The van der Waals surface area contributed by atoms with Crippen molar-refractivity contribution in [3.05, 3.63) is 90.3 Å². The molecule has 184 valence electrons. The van der Waals surface area contributed by atoms with Gasteiger partial charge in [-0.05, 0) is 42.5 Å². The van der Waals surface area contributed by atoms with Gasteiger partial charge in [-0.25, -0.2) is 9.78 Å². The van der Waals surface area contributed by atoms with Crippen LogP contribution in [0.2, 0.25) is 0 Å². The quantitative estimate of drug-likeness (QED) is 0.431. The highest BCUT2D eigenvalue weighted by atomic mass is 16.2. The van der Waals surface area contributed by atoms with Crippen molar-refractivity contribution in [2.45, 2.75) is 6.42 Å². The first kappa shape index (κ1) is 23.6. The second-order valence-corrected chi connectivity index (χ2v) is 8.99. The van der Waals surface area contributed by atoms with Gasteiger partial charge in [0, 0.05) is 63.1 Å². The van der Waals surface area contributed by atoms with E-state index in [9.17, 15) is 9.59 Å². The monoisotopic (exact) mass is 482 g/mol. The minimum atomic E-state index is -0.290. The first-order chi connectivity index (χ1) is 17.6. The van der Waals surface area contributed by atoms with Crippen molar-refractivity contribution < 1.29 is 9.59 Å². The largest absolute Gasteiger partial charge is 0.336 e. The molecule has 3 aromatic carbocycles. The number of anilines is 2. The van der Waals surface area contributed by atoms with E-state index in [0.717, 1.165) is 67.3 Å². The molecule has 2 N–H and O–H groups in total. The van der Waals surface area contributed by atoms with Crippen molar-refractivity contribution in [2.75, 3.05) is 43.4 Å². The van der Waals surface area contributed by atoms with Crippen LogP contribution < -0.4 is 10.6 Å². The molecule has 0 unspecified atom stereocenters. The lowest BCUT2D eigenvalue weighted by Gasteiger charge is -2.34. The van der Waals surface area contributed by atoms with Gasteiger partial charge < -0.3 is 20.1 Å². The number of fused-ring (bicyclic) bond motifs is 1. The number of amides is 3. The highest BCUT2D eigenvalue weighted by molar-refractivity contribution is 6.00. The third-order valence-electron chi connectivity index (χ3n) is 6.59. The molecule has 1 fully saturated rings. The van der Waals surface area contributed by atoms with Gasteiger partial charge in [0.2, 0.25) is 0 Å². The van der Waals surface area contributed by atoms with Crippen LogP contribution in [0.15, 0.2) is 78.9 Å². The average molecular weight is 483 g/mol. The predicted molar refractivity (Wildman–Crippen MR) is 142 cm³/mol. The number of para-hydroxylation sites is 1. The molecule has 0 radical (unpaired) electrons. The number of imidazole rings is 1. The summed E-state index contributed by atoms with van der Waals surface area (Å²) in [4.78, 5) is 34.2. The first-order valence-electron chi connectivity index (χ1n) is 12.2. The number of piperazine rings is 1. The number of aryl methyl sites for hydroxylation is 1. The number of urea groups is 1. The maximum Gasteiger partial charge on any atom is 0.323 e. The number of benzene rings is 3. The van der Waals surface area contributed by atoms with Crippen LogP contribution in [-0.2, 0) is 13.5 Å². The van der Waals surface area contributed by atoms with E-state index in [1.54, 1.807) is 0 Å². The van der Waals surface area contributed by atoms with Crippen molar-refractivity contribution in [1.82, 2.24) is 19.4 Å². The molecule has 1 aromatic heterocycles. The third kappa shape index (κ3) is 5.39. The van der Waals surface area contributed by atoms with Crippen LogP contribution in [-0.4, -0.2) is 64.0 Å². The lowest BCUT2D eigenvalue weighted by Crippen LogP contribution is -2.49. The summed E-state index contributed by atoms with van der Waals surface area (Å²) >= 11 is 0. The normalized spacial score (nSPS) is 14.1. The second kappa shape index (κ2) is 10.6. The van der Waals surface area contributed by atoms with Gasteiger partial charge in [0.1, 0.15) is 5.82 Å². The number of carbonyl (C=O) groups excluding carboxylic acids is 2. The number of hydrogen-bond acceptors (Lipinski definition) is 4. The molecule has 0 aliphatic carbocycles. The number of hydrogen-bond donors (Lipinski definition) is 2. The fraction of sp³-hybridized carbons (Fsp3) is 0.250. The summed E-state index contributed by atoms with van der Waals surface area (Å²) in [6.07, 6.45) is 0.815.